The molecule has 1 atom stereocenters. The lowest BCUT2D eigenvalue weighted by atomic mass is 10.1. The fourth-order valence-electron chi connectivity index (χ4n) is 2.74. The third-order valence-corrected chi connectivity index (χ3v) is 4.69. The number of ether oxygens (including phenoxy) is 1. The standard InChI is InChI=1S/C22H19FN2O5S/c1-31(28,29)25-19-9-5-8-16(14-19)22(27)30-20(15-6-3-2-4-7-15)21(26)24-18-12-10-17(23)11-13-18/h2-14,20,25H,1H3,(H,24,26). The van der Waals surface area contributed by atoms with Crippen LogP contribution in [0.1, 0.15) is 22.0 Å². The summed E-state index contributed by atoms with van der Waals surface area (Å²) in [7, 11) is -3.53. The van der Waals surface area contributed by atoms with E-state index >= 15 is 0 Å². The minimum absolute atomic E-state index is 0.0594. The maximum absolute atomic E-state index is 13.1. The summed E-state index contributed by atoms with van der Waals surface area (Å²) in [4.78, 5) is 25.6. The Morgan fingerprint density at radius 3 is 2.23 bits per heavy atom. The van der Waals surface area contributed by atoms with Crippen LogP contribution in [0.5, 0.6) is 0 Å². The Labute approximate surface area is 178 Å². The molecule has 0 aliphatic rings. The SMILES string of the molecule is CS(=O)(=O)Nc1cccc(C(=O)OC(C(=O)Nc2ccc(F)cc2)c2ccccc2)c1. The molecule has 160 valence electrons. The molecule has 0 bridgehead atoms. The predicted octanol–water partition coefficient (Wildman–Crippen LogP) is 3.73. The van der Waals surface area contributed by atoms with Gasteiger partial charge in [0.25, 0.3) is 5.91 Å². The molecule has 0 saturated carbocycles. The van der Waals surface area contributed by atoms with Gasteiger partial charge in [0.1, 0.15) is 5.82 Å². The van der Waals surface area contributed by atoms with Crippen LogP contribution in [0.15, 0.2) is 78.9 Å². The summed E-state index contributed by atoms with van der Waals surface area (Å²) in [5.74, 6) is -1.90. The van der Waals surface area contributed by atoms with E-state index in [2.05, 4.69) is 10.0 Å². The number of halogens is 1. The number of carbonyl (C=O) groups excluding carboxylic acids is 2. The first-order chi connectivity index (χ1) is 14.7. The molecule has 9 heteroatoms. The molecule has 0 aliphatic heterocycles. The zero-order valence-corrected chi connectivity index (χ0v) is 17.2. The van der Waals surface area contributed by atoms with Crippen LogP contribution < -0.4 is 10.0 Å². The number of anilines is 2. The van der Waals surface area contributed by atoms with E-state index in [0.29, 0.717) is 11.3 Å². The van der Waals surface area contributed by atoms with E-state index in [0.717, 1.165) is 6.26 Å². The molecule has 3 rings (SSSR count). The lowest BCUT2D eigenvalue weighted by Crippen LogP contribution is -2.26. The average Bonchev–Trinajstić information content (AvgIpc) is 2.73. The van der Waals surface area contributed by atoms with Gasteiger partial charge < -0.3 is 10.1 Å². The van der Waals surface area contributed by atoms with E-state index in [4.69, 9.17) is 4.74 Å². The van der Waals surface area contributed by atoms with Gasteiger partial charge in [-0.25, -0.2) is 17.6 Å². The lowest BCUT2D eigenvalue weighted by Gasteiger charge is -2.18. The summed E-state index contributed by atoms with van der Waals surface area (Å²) < 4.78 is 43.7. The highest BCUT2D eigenvalue weighted by Crippen LogP contribution is 2.23. The average molecular weight is 442 g/mol. The number of amides is 1. The minimum atomic E-state index is -3.53. The molecule has 0 aromatic heterocycles. The zero-order valence-electron chi connectivity index (χ0n) is 16.4. The van der Waals surface area contributed by atoms with Gasteiger partial charge in [0, 0.05) is 16.9 Å². The minimum Gasteiger partial charge on any atom is -0.444 e. The summed E-state index contributed by atoms with van der Waals surface area (Å²) in [6.07, 6.45) is -0.297. The van der Waals surface area contributed by atoms with Gasteiger partial charge in [-0.15, -0.1) is 0 Å². The number of hydrogen-bond donors (Lipinski definition) is 2. The van der Waals surface area contributed by atoms with Gasteiger partial charge in [-0.05, 0) is 42.5 Å². The Kier molecular flexibility index (Phi) is 6.66. The van der Waals surface area contributed by atoms with Crippen molar-refractivity contribution in [2.45, 2.75) is 6.10 Å². The van der Waals surface area contributed by atoms with Crippen LogP contribution in [0.25, 0.3) is 0 Å². The van der Waals surface area contributed by atoms with Crippen molar-refractivity contribution in [3.63, 3.8) is 0 Å². The number of sulfonamides is 1. The topological polar surface area (TPSA) is 102 Å². The molecule has 0 radical (unpaired) electrons. The molecule has 3 aromatic carbocycles. The lowest BCUT2D eigenvalue weighted by molar-refractivity contribution is -0.125. The Morgan fingerprint density at radius 2 is 1.58 bits per heavy atom. The molecule has 0 spiro atoms. The number of nitrogens with one attached hydrogen (secondary N) is 2. The molecule has 1 unspecified atom stereocenters. The molecule has 7 nitrogen and oxygen atoms in total. The van der Waals surface area contributed by atoms with Crippen molar-refractivity contribution in [3.05, 3.63) is 95.8 Å². The Hall–Kier alpha value is -3.72. The second-order valence-corrected chi connectivity index (χ2v) is 8.40. The largest absolute Gasteiger partial charge is 0.444 e. The van der Waals surface area contributed by atoms with Crippen molar-refractivity contribution in [1.29, 1.82) is 0 Å². The van der Waals surface area contributed by atoms with Crippen molar-refractivity contribution in [3.8, 4) is 0 Å². The van der Waals surface area contributed by atoms with Crippen molar-refractivity contribution in [1.82, 2.24) is 0 Å². The zero-order chi connectivity index (χ0) is 22.4. The molecule has 2 N–H and O–H groups in total. The summed E-state index contributed by atoms with van der Waals surface area (Å²) in [5.41, 5.74) is 1.01. The highest BCUT2D eigenvalue weighted by atomic mass is 32.2. The fraction of sp³-hybridized carbons (Fsp3) is 0.0909. The molecule has 1 amide bonds. The van der Waals surface area contributed by atoms with Crippen molar-refractivity contribution in [2.24, 2.45) is 0 Å². The van der Waals surface area contributed by atoms with Gasteiger partial charge in [-0.2, -0.15) is 0 Å². The maximum atomic E-state index is 13.1. The summed E-state index contributed by atoms with van der Waals surface area (Å²) in [6, 6.07) is 19.3. The Morgan fingerprint density at radius 1 is 0.903 bits per heavy atom. The second-order valence-electron chi connectivity index (χ2n) is 6.65. The second kappa shape index (κ2) is 9.40. The van der Waals surface area contributed by atoms with Crippen LogP contribution in [-0.2, 0) is 19.6 Å². The van der Waals surface area contributed by atoms with Gasteiger partial charge >= 0.3 is 5.97 Å². The first-order valence-corrected chi connectivity index (χ1v) is 11.0. The Bertz CT molecular complexity index is 1180. The Balaban J connectivity index is 1.83. The first-order valence-electron chi connectivity index (χ1n) is 9.11. The first kappa shape index (κ1) is 22.0. The van der Waals surface area contributed by atoms with Crippen LogP contribution in [-0.4, -0.2) is 26.6 Å². The monoisotopic (exact) mass is 442 g/mol. The molecule has 31 heavy (non-hydrogen) atoms. The molecular formula is C22H19FN2O5S. The quantitative estimate of drug-likeness (QED) is 0.543. The van der Waals surface area contributed by atoms with Crippen LogP contribution in [0, 0.1) is 5.82 Å². The van der Waals surface area contributed by atoms with Crippen LogP contribution in [0.2, 0.25) is 0 Å². The van der Waals surface area contributed by atoms with Crippen LogP contribution >= 0.6 is 0 Å². The van der Waals surface area contributed by atoms with Crippen molar-refractivity contribution < 1.29 is 27.1 Å². The summed E-state index contributed by atoms with van der Waals surface area (Å²) in [5, 5.41) is 2.59. The normalized spacial score (nSPS) is 11.9. The number of benzene rings is 3. The summed E-state index contributed by atoms with van der Waals surface area (Å²) >= 11 is 0. The molecule has 0 heterocycles. The van der Waals surface area contributed by atoms with Gasteiger partial charge in [0.15, 0.2) is 0 Å². The fourth-order valence-corrected chi connectivity index (χ4v) is 3.30. The van der Waals surface area contributed by atoms with Gasteiger partial charge in [0.2, 0.25) is 16.1 Å². The van der Waals surface area contributed by atoms with Gasteiger partial charge in [-0.1, -0.05) is 36.4 Å². The highest BCUT2D eigenvalue weighted by molar-refractivity contribution is 7.92. The summed E-state index contributed by atoms with van der Waals surface area (Å²) in [6.45, 7) is 0. The molecular weight excluding hydrogens is 423 g/mol. The third-order valence-electron chi connectivity index (χ3n) is 4.08. The molecule has 0 fully saturated rings. The van der Waals surface area contributed by atoms with Crippen LogP contribution in [0.3, 0.4) is 0 Å². The number of hydrogen-bond acceptors (Lipinski definition) is 5. The molecule has 0 saturated heterocycles. The maximum Gasteiger partial charge on any atom is 0.339 e. The van der Waals surface area contributed by atoms with E-state index in [1.54, 1.807) is 30.3 Å². The predicted molar refractivity (Wildman–Crippen MR) is 115 cm³/mol. The van der Waals surface area contributed by atoms with E-state index in [1.807, 2.05) is 0 Å². The number of carbonyl (C=O) groups is 2. The van der Waals surface area contributed by atoms with Crippen molar-refractivity contribution in [2.75, 3.05) is 16.3 Å². The van der Waals surface area contributed by atoms with E-state index in [-0.39, 0.29) is 11.3 Å². The highest BCUT2D eigenvalue weighted by Gasteiger charge is 2.26. The number of rotatable bonds is 7. The molecule has 3 aromatic rings. The van der Waals surface area contributed by atoms with E-state index in [9.17, 15) is 22.4 Å². The third kappa shape index (κ3) is 6.38. The van der Waals surface area contributed by atoms with Crippen molar-refractivity contribution >= 4 is 33.3 Å². The molecule has 0 aliphatic carbocycles. The van der Waals surface area contributed by atoms with Crippen LogP contribution in [0.4, 0.5) is 15.8 Å². The van der Waals surface area contributed by atoms with E-state index in [1.165, 1.54) is 48.5 Å². The van der Waals surface area contributed by atoms with Gasteiger partial charge in [-0.3, -0.25) is 9.52 Å². The smallest absolute Gasteiger partial charge is 0.339 e. The van der Waals surface area contributed by atoms with E-state index < -0.39 is 33.8 Å². The van der Waals surface area contributed by atoms with Gasteiger partial charge in [0.05, 0.1) is 11.8 Å². The number of esters is 1.